The van der Waals surface area contributed by atoms with Crippen LogP contribution in [-0.2, 0) is 9.59 Å². The quantitative estimate of drug-likeness (QED) is 0.821. The normalized spacial score (nSPS) is 32.5. The van der Waals surface area contributed by atoms with E-state index in [1.54, 1.807) is 11.9 Å². The van der Waals surface area contributed by atoms with Crippen LogP contribution in [0.15, 0.2) is 28.7 Å². The zero-order valence-electron chi connectivity index (χ0n) is 14.6. The van der Waals surface area contributed by atoms with Crippen LogP contribution in [0.2, 0.25) is 0 Å². The van der Waals surface area contributed by atoms with E-state index in [1.165, 1.54) is 19.3 Å². The summed E-state index contributed by atoms with van der Waals surface area (Å²) in [5.41, 5.74) is 0.556. The lowest BCUT2D eigenvalue weighted by Crippen LogP contribution is -2.54. The molecule has 2 amide bonds. The topological polar surface area (TPSA) is 49.4 Å². The van der Waals surface area contributed by atoms with Crippen molar-refractivity contribution >= 4 is 33.4 Å². The Morgan fingerprint density at radius 1 is 1.12 bits per heavy atom. The van der Waals surface area contributed by atoms with Gasteiger partial charge >= 0.3 is 0 Å². The van der Waals surface area contributed by atoms with Crippen LogP contribution in [0.1, 0.15) is 38.5 Å². The van der Waals surface area contributed by atoms with E-state index in [4.69, 9.17) is 0 Å². The van der Waals surface area contributed by atoms with Crippen molar-refractivity contribution in [2.45, 2.75) is 38.5 Å². The molecule has 0 spiro atoms. The third-order valence-corrected chi connectivity index (χ3v) is 7.06. The van der Waals surface area contributed by atoms with Gasteiger partial charge in [0.05, 0.1) is 17.6 Å². The van der Waals surface area contributed by atoms with Gasteiger partial charge in [0, 0.05) is 11.5 Å². The summed E-state index contributed by atoms with van der Waals surface area (Å²) in [6, 6.07) is 7.52. The zero-order valence-corrected chi connectivity index (χ0v) is 16.2. The molecule has 5 rings (SSSR count). The monoisotopic (exact) mass is 404 g/mol. The first-order valence-electron chi connectivity index (χ1n) is 9.25. The minimum Gasteiger partial charge on any atom is -0.336 e. The fourth-order valence-electron chi connectivity index (χ4n) is 5.82. The molecule has 0 radical (unpaired) electrons. The minimum absolute atomic E-state index is 0.113. The van der Waals surface area contributed by atoms with Gasteiger partial charge < -0.3 is 10.2 Å². The first-order valence-corrected chi connectivity index (χ1v) is 10.0. The van der Waals surface area contributed by atoms with Gasteiger partial charge in [0.25, 0.3) is 0 Å². The highest BCUT2D eigenvalue weighted by molar-refractivity contribution is 9.10. The maximum atomic E-state index is 13.2. The fourth-order valence-corrected chi connectivity index (χ4v) is 6.20. The van der Waals surface area contributed by atoms with Crippen LogP contribution in [0, 0.1) is 23.2 Å². The number of carbonyl (C=O) groups is 2. The second-order valence-electron chi connectivity index (χ2n) is 8.39. The molecule has 0 heterocycles. The molecule has 1 aromatic carbocycles. The summed E-state index contributed by atoms with van der Waals surface area (Å²) in [7, 11) is 1.78. The van der Waals surface area contributed by atoms with Crippen molar-refractivity contribution in [3.63, 3.8) is 0 Å². The Morgan fingerprint density at radius 2 is 1.68 bits per heavy atom. The van der Waals surface area contributed by atoms with E-state index < -0.39 is 0 Å². The molecule has 1 aromatic rings. The summed E-state index contributed by atoms with van der Waals surface area (Å²) < 4.78 is 0.846. The summed E-state index contributed by atoms with van der Waals surface area (Å²) in [6.07, 6.45) is 7.06. The largest absolute Gasteiger partial charge is 0.336 e. The molecule has 0 aliphatic heterocycles. The van der Waals surface area contributed by atoms with Crippen LogP contribution in [0.5, 0.6) is 0 Å². The minimum atomic E-state index is -0.183. The summed E-state index contributed by atoms with van der Waals surface area (Å²) in [5, 5.41) is 2.89. The van der Waals surface area contributed by atoms with E-state index in [1.807, 2.05) is 24.3 Å². The van der Waals surface area contributed by atoms with E-state index in [2.05, 4.69) is 21.2 Å². The molecule has 0 saturated heterocycles. The van der Waals surface area contributed by atoms with Crippen molar-refractivity contribution in [2.24, 2.45) is 23.2 Å². The van der Waals surface area contributed by atoms with Gasteiger partial charge in [0.1, 0.15) is 0 Å². The van der Waals surface area contributed by atoms with E-state index in [0.29, 0.717) is 0 Å². The molecule has 1 N–H and O–H groups in total. The second kappa shape index (κ2) is 6.42. The number of benzene rings is 1. The highest BCUT2D eigenvalue weighted by atomic mass is 79.9. The van der Waals surface area contributed by atoms with E-state index in [9.17, 15) is 9.59 Å². The van der Waals surface area contributed by atoms with E-state index in [0.717, 1.165) is 47.2 Å². The number of nitrogens with zero attached hydrogens (tertiary/aromatic N) is 1. The molecule has 25 heavy (non-hydrogen) atoms. The standard InChI is InChI=1S/C20H25BrN2O2/c1-23(12-18(24)22-17-5-3-2-4-16(17)21)19(25)20-9-13-6-14(10-20)8-15(7-13)11-20/h2-5,13-15H,6-12H2,1H3,(H,22,24). The van der Waals surface area contributed by atoms with Crippen molar-refractivity contribution in [2.75, 3.05) is 18.9 Å². The van der Waals surface area contributed by atoms with Crippen molar-refractivity contribution in [1.29, 1.82) is 0 Å². The molecule has 4 fully saturated rings. The predicted octanol–water partition coefficient (Wildman–Crippen LogP) is 4.06. The Morgan fingerprint density at radius 3 is 2.24 bits per heavy atom. The van der Waals surface area contributed by atoms with Crippen LogP contribution in [0.4, 0.5) is 5.69 Å². The van der Waals surface area contributed by atoms with Gasteiger partial charge in [-0.3, -0.25) is 9.59 Å². The summed E-state index contributed by atoms with van der Waals surface area (Å²) >= 11 is 3.43. The smallest absolute Gasteiger partial charge is 0.244 e. The number of amides is 2. The predicted molar refractivity (Wildman–Crippen MR) is 101 cm³/mol. The molecule has 0 atom stereocenters. The van der Waals surface area contributed by atoms with E-state index in [-0.39, 0.29) is 23.8 Å². The number of hydrogen-bond acceptors (Lipinski definition) is 2. The maximum Gasteiger partial charge on any atom is 0.244 e. The third kappa shape index (κ3) is 3.23. The Hall–Kier alpha value is -1.36. The Kier molecular flexibility index (Phi) is 4.38. The molecule has 4 aliphatic rings. The second-order valence-corrected chi connectivity index (χ2v) is 9.24. The average Bonchev–Trinajstić information content (AvgIpc) is 2.55. The lowest BCUT2D eigenvalue weighted by atomic mass is 9.49. The molecule has 4 saturated carbocycles. The highest BCUT2D eigenvalue weighted by Gasteiger charge is 2.55. The van der Waals surface area contributed by atoms with Gasteiger partial charge in [-0.1, -0.05) is 12.1 Å². The molecule has 0 unspecified atom stereocenters. The van der Waals surface area contributed by atoms with Crippen LogP contribution in [0.25, 0.3) is 0 Å². The van der Waals surface area contributed by atoms with Gasteiger partial charge in [-0.2, -0.15) is 0 Å². The SMILES string of the molecule is CN(CC(=O)Nc1ccccc1Br)C(=O)C12CC3CC(CC(C3)C1)C2. The van der Waals surface area contributed by atoms with Gasteiger partial charge in [-0.05, 0) is 84.3 Å². The number of para-hydroxylation sites is 1. The summed E-state index contributed by atoms with van der Waals surface area (Å²) in [6.45, 7) is 0.113. The van der Waals surface area contributed by atoms with Crippen molar-refractivity contribution < 1.29 is 9.59 Å². The molecule has 0 aromatic heterocycles. The number of carbonyl (C=O) groups excluding carboxylic acids is 2. The summed E-state index contributed by atoms with van der Waals surface area (Å²) in [5.74, 6) is 2.24. The number of nitrogens with one attached hydrogen (secondary N) is 1. The van der Waals surface area contributed by atoms with E-state index >= 15 is 0 Å². The number of likely N-dealkylation sites (N-methyl/N-ethyl adjacent to an activating group) is 1. The lowest BCUT2D eigenvalue weighted by Gasteiger charge is -2.56. The average molecular weight is 405 g/mol. The molecule has 134 valence electrons. The molecular weight excluding hydrogens is 380 g/mol. The zero-order chi connectivity index (χ0) is 17.6. The van der Waals surface area contributed by atoms with Gasteiger partial charge in [0.15, 0.2) is 0 Å². The molecule has 4 nitrogen and oxygen atoms in total. The van der Waals surface area contributed by atoms with Crippen LogP contribution in [0.3, 0.4) is 0 Å². The first-order chi connectivity index (χ1) is 11.9. The molecule has 4 bridgehead atoms. The number of rotatable bonds is 4. The molecular formula is C20H25BrN2O2. The van der Waals surface area contributed by atoms with Crippen LogP contribution >= 0.6 is 15.9 Å². The lowest BCUT2D eigenvalue weighted by molar-refractivity contribution is -0.157. The maximum absolute atomic E-state index is 13.2. The number of halogens is 1. The van der Waals surface area contributed by atoms with Gasteiger partial charge in [0.2, 0.25) is 11.8 Å². The van der Waals surface area contributed by atoms with Crippen LogP contribution in [-0.4, -0.2) is 30.3 Å². The van der Waals surface area contributed by atoms with Gasteiger partial charge in [-0.25, -0.2) is 0 Å². The van der Waals surface area contributed by atoms with Crippen molar-refractivity contribution in [3.8, 4) is 0 Å². The molecule has 4 aliphatic carbocycles. The summed E-state index contributed by atoms with van der Waals surface area (Å²) in [4.78, 5) is 27.2. The Balaban J connectivity index is 1.41. The molecule has 5 heteroatoms. The third-order valence-electron chi connectivity index (χ3n) is 6.37. The van der Waals surface area contributed by atoms with Gasteiger partial charge in [-0.15, -0.1) is 0 Å². The van der Waals surface area contributed by atoms with Crippen LogP contribution < -0.4 is 5.32 Å². The van der Waals surface area contributed by atoms with Crippen molar-refractivity contribution in [3.05, 3.63) is 28.7 Å². The van der Waals surface area contributed by atoms with Crippen molar-refractivity contribution in [1.82, 2.24) is 4.90 Å². The number of hydrogen-bond donors (Lipinski definition) is 1. The Labute approximate surface area is 157 Å². The first kappa shape index (κ1) is 17.1. The highest BCUT2D eigenvalue weighted by Crippen LogP contribution is 2.60. The fraction of sp³-hybridized carbons (Fsp3) is 0.600. The Bertz CT molecular complexity index is 667. The number of anilines is 1.